The molecule has 1 aromatic carbocycles. The summed E-state index contributed by atoms with van der Waals surface area (Å²) >= 11 is 0. The summed E-state index contributed by atoms with van der Waals surface area (Å²) in [6, 6.07) is 5.57. The Balaban J connectivity index is 1.34. The third-order valence-corrected chi connectivity index (χ3v) is 8.50. The predicted octanol–water partition coefficient (Wildman–Crippen LogP) is 1.99. The smallest absolute Gasteiger partial charge is 0.243 e. The van der Waals surface area contributed by atoms with Gasteiger partial charge in [-0.3, -0.25) is 9.69 Å². The molecule has 1 amide bonds. The van der Waals surface area contributed by atoms with Crippen LogP contribution in [0.4, 0.5) is 0 Å². The number of benzene rings is 1. The zero-order chi connectivity index (χ0) is 20.6. The highest BCUT2D eigenvalue weighted by Crippen LogP contribution is 2.27. The molecule has 0 radical (unpaired) electrons. The van der Waals surface area contributed by atoms with Crippen LogP contribution in [0.3, 0.4) is 0 Å². The van der Waals surface area contributed by atoms with E-state index in [1.165, 1.54) is 17.5 Å². The summed E-state index contributed by atoms with van der Waals surface area (Å²) in [5.41, 5.74) is 2.45. The van der Waals surface area contributed by atoms with Crippen molar-refractivity contribution in [3.8, 4) is 0 Å². The molecule has 0 aromatic heterocycles. The molecule has 29 heavy (non-hydrogen) atoms. The van der Waals surface area contributed by atoms with Crippen molar-refractivity contribution in [3.63, 3.8) is 0 Å². The second-order valence-electron chi connectivity index (χ2n) is 9.21. The maximum absolute atomic E-state index is 13.1. The third-order valence-electron chi connectivity index (χ3n) is 6.60. The maximum atomic E-state index is 13.1. The number of hydrogen-bond acceptors (Lipinski definition) is 4. The number of fused-ring (bicyclic) bond motifs is 1. The van der Waals surface area contributed by atoms with Gasteiger partial charge in [0.05, 0.1) is 11.4 Å². The molecule has 3 aliphatic rings. The lowest BCUT2D eigenvalue weighted by Crippen LogP contribution is -2.53. The summed E-state index contributed by atoms with van der Waals surface area (Å²) < 4.78 is 27.7. The van der Waals surface area contributed by atoms with Gasteiger partial charge in [0, 0.05) is 39.3 Å². The van der Waals surface area contributed by atoms with E-state index in [0.717, 1.165) is 32.4 Å². The van der Waals surface area contributed by atoms with Gasteiger partial charge < -0.3 is 4.90 Å². The first-order valence-electron chi connectivity index (χ1n) is 10.9. The average molecular weight is 420 g/mol. The molecule has 0 unspecified atom stereocenters. The van der Waals surface area contributed by atoms with Gasteiger partial charge in [-0.1, -0.05) is 19.9 Å². The zero-order valence-corrected chi connectivity index (χ0v) is 18.5. The quantitative estimate of drug-likeness (QED) is 0.749. The van der Waals surface area contributed by atoms with Gasteiger partial charge in [-0.05, 0) is 60.8 Å². The molecule has 1 aromatic rings. The Bertz CT molecular complexity index is 852. The molecule has 2 heterocycles. The van der Waals surface area contributed by atoms with Crippen LogP contribution in [-0.4, -0.2) is 74.2 Å². The first-order valence-corrected chi connectivity index (χ1v) is 12.4. The van der Waals surface area contributed by atoms with E-state index in [2.05, 4.69) is 18.7 Å². The van der Waals surface area contributed by atoms with E-state index in [1.807, 2.05) is 17.0 Å². The van der Waals surface area contributed by atoms with Crippen LogP contribution in [0.25, 0.3) is 0 Å². The second-order valence-corrected chi connectivity index (χ2v) is 11.1. The summed E-state index contributed by atoms with van der Waals surface area (Å²) in [5.74, 6) is 1.38. The molecule has 0 spiro atoms. The number of aryl methyl sites for hydroxylation is 2. The Morgan fingerprint density at radius 1 is 1.00 bits per heavy atom. The molecular formula is C22H33N3O3S. The number of carbonyl (C=O) groups is 1. The number of hydrogen-bond donors (Lipinski definition) is 0. The maximum Gasteiger partial charge on any atom is 0.243 e. The Morgan fingerprint density at radius 3 is 2.34 bits per heavy atom. The minimum atomic E-state index is -3.49. The standard InChI is InChI=1S/C22H33N3O3S/c1-17-12-18(2)15-23(14-17)16-22(26)24-8-10-25(11-9-24)29(27,28)21-7-6-19-4-3-5-20(19)13-21/h6-7,13,17-18H,3-5,8-12,14-16H2,1-2H3/t17-,18+. The number of piperidine rings is 1. The monoisotopic (exact) mass is 419 g/mol. The average Bonchev–Trinajstić information content (AvgIpc) is 3.15. The molecule has 2 fully saturated rings. The van der Waals surface area contributed by atoms with E-state index in [9.17, 15) is 13.2 Å². The fourth-order valence-electron chi connectivity index (χ4n) is 5.25. The van der Waals surface area contributed by atoms with E-state index < -0.39 is 10.0 Å². The van der Waals surface area contributed by atoms with Crippen LogP contribution in [0.5, 0.6) is 0 Å². The van der Waals surface area contributed by atoms with Crippen molar-refractivity contribution in [2.45, 2.75) is 44.4 Å². The fourth-order valence-corrected chi connectivity index (χ4v) is 6.72. The lowest BCUT2D eigenvalue weighted by atomic mass is 9.92. The number of piperazine rings is 1. The second kappa shape index (κ2) is 8.36. The Kier molecular flexibility index (Phi) is 6.00. The summed E-state index contributed by atoms with van der Waals surface area (Å²) in [6.07, 6.45) is 4.35. The number of nitrogens with zero attached hydrogens (tertiary/aromatic N) is 3. The van der Waals surface area contributed by atoms with Crippen molar-refractivity contribution in [1.29, 1.82) is 0 Å². The minimum Gasteiger partial charge on any atom is -0.339 e. The topological polar surface area (TPSA) is 60.9 Å². The van der Waals surface area contributed by atoms with Gasteiger partial charge >= 0.3 is 0 Å². The van der Waals surface area contributed by atoms with Crippen molar-refractivity contribution < 1.29 is 13.2 Å². The van der Waals surface area contributed by atoms with Gasteiger partial charge in [0.2, 0.25) is 15.9 Å². The normalized spacial score (nSPS) is 26.5. The van der Waals surface area contributed by atoms with Gasteiger partial charge in [0.1, 0.15) is 0 Å². The highest BCUT2D eigenvalue weighted by atomic mass is 32.2. The number of rotatable bonds is 4. The summed E-state index contributed by atoms with van der Waals surface area (Å²) in [6.45, 7) is 8.59. The number of amides is 1. The van der Waals surface area contributed by atoms with Crippen molar-refractivity contribution in [3.05, 3.63) is 29.3 Å². The van der Waals surface area contributed by atoms with Crippen molar-refractivity contribution in [2.75, 3.05) is 45.8 Å². The van der Waals surface area contributed by atoms with E-state index in [1.54, 1.807) is 10.4 Å². The molecule has 1 aliphatic carbocycles. The zero-order valence-electron chi connectivity index (χ0n) is 17.6. The molecule has 2 saturated heterocycles. The van der Waals surface area contributed by atoms with Crippen molar-refractivity contribution in [1.82, 2.24) is 14.1 Å². The molecule has 4 rings (SSSR count). The Hall–Kier alpha value is -1.44. The Labute approximate surface area is 174 Å². The summed E-state index contributed by atoms with van der Waals surface area (Å²) in [5, 5.41) is 0. The molecule has 0 bridgehead atoms. The van der Waals surface area contributed by atoms with Crippen LogP contribution in [0, 0.1) is 11.8 Å². The van der Waals surface area contributed by atoms with Crippen LogP contribution in [0.2, 0.25) is 0 Å². The molecule has 7 heteroatoms. The fraction of sp³-hybridized carbons (Fsp3) is 0.682. The first-order chi connectivity index (χ1) is 13.8. The predicted molar refractivity (Wildman–Crippen MR) is 113 cm³/mol. The largest absolute Gasteiger partial charge is 0.339 e. The molecule has 2 atom stereocenters. The van der Waals surface area contributed by atoms with E-state index in [0.29, 0.717) is 49.5 Å². The van der Waals surface area contributed by atoms with Gasteiger partial charge in [0.25, 0.3) is 0 Å². The van der Waals surface area contributed by atoms with Crippen LogP contribution >= 0.6 is 0 Å². The first kappa shape index (κ1) is 20.8. The van der Waals surface area contributed by atoms with Gasteiger partial charge in [-0.25, -0.2) is 8.42 Å². The van der Waals surface area contributed by atoms with E-state index in [-0.39, 0.29) is 5.91 Å². The Morgan fingerprint density at radius 2 is 1.66 bits per heavy atom. The van der Waals surface area contributed by atoms with Gasteiger partial charge in [-0.2, -0.15) is 4.31 Å². The SMILES string of the molecule is C[C@@H]1C[C@H](C)CN(CC(=O)N2CCN(S(=O)(=O)c3ccc4c(c3)CCC4)CC2)C1. The molecular weight excluding hydrogens is 386 g/mol. The highest BCUT2D eigenvalue weighted by Gasteiger charge is 2.32. The lowest BCUT2D eigenvalue weighted by Gasteiger charge is -2.38. The van der Waals surface area contributed by atoms with Crippen molar-refractivity contribution in [2.24, 2.45) is 11.8 Å². The number of sulfonamides is 1. The molecule has 0 N–H and O–H groups in total. The third kappa shape index (κ3) is 4.52. The lowest BCUT2D eigenvalue weighted by molar-refractivity contribution is -0.134. The number of carbonyl (C=O) groups excluding carboxylic acids is 1. The van der Waals surface area contributed by atoms with Gasteiger partial charge in [-0.15, -0.1) is 0 Å². The molecule has 6 nitrogen and oxygen atoms in total. The molecule has 0 saturated carbocycles. The highest BCUT2D eigenvalue weighted by molar-refractivity contribution is 7.89. The summed E-state index contributed by atoms with van der Waals surface area (Å²) in [7, 11) is -3.49. The summed E-state index contributed by atoms with van der Waals surface area (Å²) in [4.78, 5) is 17.2. The van der Waals surface area contributed by atoms with E-state index in [4.69, 9.17) is 0 Å². The van der Waals surface area contributed by atoms with Crippen LogP contribution < -0.4 is 0 Å². The van der Waals surface area contributed by atoms with Gasteiger partial charge in [0.15, 0.2) is 0 Å². The molecule has 2 aliphatic heterocycles. The minimum absolute atomic E-state index is 0.126. The van der Waals surface area contributed by atoms with Crippen LogP contribution in [0.15, 0.2) is 23.1 Å². The van der Waals surface area contributed by atoms with Crippen molar-refractivity contribution >= 4 is 15.9 Å². The number of likely N-dealkylation sites (tertiary alicyclic amines) is 1. The van der Waals surface area contributed by atoms with E-state index >= 15 is 0 Å². The van der Waals surface area contributed by atoms with Crippen LogP contribution in [0.1, 0.15) is 37.8 Å². The van der Waals surface area contributed by atoms with Crippen LogP contribution in [-0.2, 0) is 27.7 Å². The molecule has 160 valence electrons.